The fraction of sp³-hybridized carbons (Fsp3) is 0.737. The number of halogens is 1. The number of piperidine rings is 1. The maximum absolute atomic E-state index is 14.0. The fourth-order valence-electron chi connectivity index (χ4n) is 4.53. The van der Waals surface area contributed by atoms with Gasteiger partial charge in [-0.15, -0.1) is 0 Å². The van der Waals surface area contributed by atoms with Gasteiger partial charge in [0.1, 0.15) is 24.1 Å². The van der Waals surface area contributed by atoms with E-state index in [2.05, 4.69) is 15.3 Å². The van der Waals surface area contributed by atoms with Crippen LogP contribution >= 0.6 is 0 Å². The van der Waals surface area contributed by atoms with Crippen molar-refractivity contribution in [2.75, 3.05) is 49.6 Å². The molecule has 4 heterocycles. The molecule has 7 nitrogen and oxygen atoms in total. The summed E-state index contributed by atoms with van der Waals surface area (Å²) in [6.07, 6.45) is 5.21. The highest BCUT2D eigenvalue weighted by Crippen LogP contribution is 2.33. The van der Waals surface area contributed by atoms with Crippen LogP contribution in [0.3, 0.4) is 0 Å². The SMILES string of the molecule is CN1CC(=O)N(C2CCCNCC2)Cc2c1ncnc2N1CCCC(F)C1. The van der Waals surface area contributed by atoms with Crippen LogP contribution in [-0.4, -0.2) is 72.8 Å². The largest absolute Gasteiger partial charge is 0.353 e. The molecule has 0 bridgehead atoms. The summed E-state index contributed by atoms with van der Waals surface area (Å²) in [6.45, 7) is 3.94. The smallest absolute Gasteiger partial charge is 0.242 e. The van der Waals surface area contributed by atoms with Crippen molar-refractivity contribution in [3.63, 3.8) is 0 Å². The van der Waals surface area contributed by atoms with Gasteiger partial charge >= 0.3 is 0 Å². The second-order valence-electron chi connectivity index (χ2n) is 7.90. The zero-order chi connectivity index (χ0) is 18.8. The minimum absolute atomic E-state index is 0.135. The molecule has 3 aliphatic rings. The Hall–Kier alpha value is -1.96. The first-order valence-corrected chi connectivity index (χ1v) is 10.1. The number of alkyl halides is 1. The number of aromatic nitrogens is 2. The van der Waals surface area contributed by atoms with E-state index in [-0.39, 0.29) is 11.9 Å². The summed E-state index contributed by atoms with van der Waals surface area (Å²) in [6, 6.07) is 0.232. The van der Waals surface area contributed by atoms with Gasteiger partial charge in [0, 0.05) is 19.6 Å². The molecule has 2 fully saturated rings. The van der Waals surface area contributed by atoms with Crippen LogP contribution in [0.15, 0.2) is 6.33 Å². The molecule has 0 radical (unpaired) electrons. The van der Waals surface area contributed by atoms with Crippen LogP contribution in [0.4, 0.5) is 16.0 Å². The minimum atomic E-state index is -0.821. The van der Waals surface area contributed by atoms with Crippen molar-refractivity contribution in [1.29, 1.82) is 0 Å². The minimum Gasteiger partial charge on any atom is -0.353 e. The Labute approximate surface area is 159 Å². The predicted molar refractivity (Wildman–Crippen MR) is 103 cm³/mol. The molecule has 1 amide bonds. The van der Waals surface area contributed by atoms with Crippen LogP contribution in [0.25, 0.3) is 0 Å². The number of hydrogen-bond donors (Lipinski definition) is 1. The van der Waals surface area contributed by atoms with Crippen LogP contribution in [0, 0.1) is 0 Å². The number of hydrogen-bond acceptors (Lipinski definition) is 6. The monoisotopic (exact) mass is 376 g/mol. The predicted octanol–water partition coefficient (Wildman–Crippen LogP) is 1.34. The van der Waals surface area contributed by atoms with Crippen molar-refractivity contribution in [3.05, 3.63) is 11.9 Å². The standard InChI is InChI=1S/C19H29FN6O/c1-24-12-17(27)26(15-5-2-7-21-8-6-15)11-16-18(24)22-13-23-19(16)25-9-3-4-14(20)10-25/h13-15,21H,2-12H2,1H3. The Balaban J connectivity index is 1.67. The number of likely N-dealkylation sites (N-methyl/N-ethyl adjacent to an activating group) is 1. The highest BCUT2D eigenvalue weighted by molar-refractivity contribution is 5.84. The third-order valence-corrected chi connectivity index (χ3v) is 5.93. The van der Waals surface area contributed by atoms with Gasteiger partial charge in [0.2, 0.25) is 5.91 Å². The van der Waals surface area contributed by atoms with Crippen LogP contribution in [-0.2, 0) is 11.3 Å². The number of amides is 1. The van der Waals surface area contributed by atoms with E-state index in [1.54, 1.807) is 6.33 Å². The van der Waals surface area contributed by atoms with E-state index in [4.69, 9.17) is 0 Å². The quantitative estimate of drug-likeness (QED) is 0.840. The Morgan fingerprint density at radius 2 is 1.96 bits per heavy atom. The molecule has 1 aromatic rings. The van der Waals surface area contributed by atoms with Gasteiger partial charge in [-0.25, -0.2) is 14.4 Å². The number of carbonyl (C=O) groups is 1. The van der Waals surface area contributed by atoms with Gasteiger partial charge in [-0.1, -0.05) is 0 Å². The van der Waals surface area contributed by atoms with Crippen molar-refractivity contribution in [2.45, 2.75) is 50.9 Å². The Morgan fingerprint density at radius 3 is 2.81 bits per heavy atom. The molecule has 1 aromatic heterocycles. The number of nitrogens with zero attached hydrogens (tertiary/aromatic N) is 5. The van der Waals surface area contributed by atoms with Crippen LogP contribution in [0.5, 0.6) is 0 Å². The number of carbonyl (C=O) groups excluding carboxylic acids is 1. The molecule has 1 N–H and O–H groups in total. The molecular formula is C19H29FN6O. The van der Waals surface area contributed by atoms with E-state index in [0.717, 1.165) is 62.5 Å². The summed E-state index contributed by atoms with van der Waals surface area (Å²) in [5, 5.41) is 3.42. The summed E-state index contributed by atoms with van der Waals surface area (Å²) in [7, 11) is 1.90. The number of fused-ring (bicyclic) bond motifs is 1. The normalized spacial score (nSPS) is 27.2. The lowest BCUT2D eigenvalue weighted by molar-refractivity contribution is -0.132. The molecule has 27 heavy (non-hydrogen) atoms. The summed E-state index contributed by atoms with van der Waals surface area (Å²) in [5.74, 6) is 1.72. The van der Waals surface area contributed by atoms with Crippen molar-refractivity contribution in [1.82, 2.24) is 20.2 Å². The number of rotatable bonds is 2. The van der Waals surface area contributed by atoms with Crippen LogP contribution in [0.2, 0.25) is 0 Å². The third-order valence-electron chi connectivity index (χ3n) is 5.93. The van der Waals surface area contributed by atoms with Crippen molar-refractivity contribution in [2.24, 2.45) is 0 Å². The maximum atomic E-state index is 14.0. The van der Waals surface area contributed by atoms with Crippen molar-refractivity contribution < 1.29 is 9.18 Å². The average molecular weight is 376 g/mol. The maximum Gasteiger partial charge on any atom is 0.242 e. The van der Waals surface area contributed by atoms with Crippen molar-refractivity contribution in [3.8, 4) is 0 Å². The summed E-state index contributed by atoms with van der Waals surface area (Å²) >= 11 is 0. The Bertz CT molecular complexity index is 678. The molecule has 8 heteroatoms. The second-order valence-corrected chi connectivity index (χ2v) is 7.90. The summed E-state index contributed by atoms with van der Waals surface area (Å²) in [4.78, 5) is 27.9. The second kappa shape index (κ2) is 7.96. The van der Waals surface area contributed by atoms with Crippen molar-refractivity contribution >= 4 is 17.5 Å². The molecule has 4 rings (SSSR count). The van der Waals surface area contributed by atoms with E-state index in [1.807, 2.05) is 21.7 Å². The molecular weight excluding hydrogens is 347 g/mol. The molecule has 0 saturated carbocycles. The fourth-order valence-corrected chi connectivity index (χ4v) is 4.53. The van der Waals surface area contributed by atoms with Gasteiger partial charge in [-0.2, -0.15) is 0 Å². The summed E-state index contributed by atoms with van der Waals surface area (Å²) < 4.78 is 14.0. The van der Waals surface area contributed by atoms with Gasteiger partial charge in [0.25, 0.3) is 0 Å². The number of anilines is 2. The molecule has 0 aliphatic carbocycles. The number of nitrogens with one attached hydrogen (secondary N) is 1. The van der Waals surface area contributed by atoms with E-state index >= 15 is 0 Å². The zero-order valence-electron chi connectivity index (χ0n) is 16.0. The highest BCUT2D eigenvalue weighted by atomic mass is 19.1. The molecule has 3 aliphatic heterocycles. The van der Waals surface area contributed by atoms with Gasteiger partial charge in [-0.05, 0) is 45.2 Å². The Kier molecular flexibility index (Phi) is 5.43. The third kappa shape index (κ3) is 3.85. The highest BCUT2D eigenvalue weighted by Gasteiger charge is 2.33. The van der Waals surface area contributed by atoms with E-state index < -0.39 is 6.17 Å². The Morgan fingerprint density at radius 1 is 1.11 bits per heavy atom. The van der Waals surface area contributed by atoms with Gasteiger partial charge < -0.3 is 20.0 Å². The molecule has 2 saturated heterocycles. The lowest BCUT2D eigenvalue weighted by Gasteiger charge is -2.33. The molecule has 0 spiro atoms. The van der Waals surface area contributed by atoms with E-state index in [0.29, 0.717) is 26.1 Å². The lowest BCUT2D eigenvalue weighted by atomic mass is 10.1. The van der Waals surface area contributed by atoms with E-state index in [9.17, 15) is 9.18 Å². The molecule has 0 aromatic carbocycles. The first-order valence-electron chi connectivity index (χ1n) is 10.1. The van der Waals surface area contributed by atoms with Gasteiger partial charge in [-0.3, -0.25) is 4.79 Å². The average Bonchev–Trinajstić information content (AvgIpc) is 3.00. The lowest BCUT2D eigenvalue weighted by Crippen LogP contribution is -2.43. The summed E-state index contributed by atoms with van der Waals surface area (Å²) in [5.41, 5.74) is 0.956. The zero-order valence-corrected chi connectivity index (χ0v) is 16.0. The first-order chi connectivity index (χ1) is 13.1. The van der Waals surface area contributed by atoms with Gasteiger partial charge in [0.15, 0.2) is 0 Å². The molecule has 148 valence electrons. The van der Waals surface area contributed by atoms with Gasteiger partial charge in [0.05, 0.1) is 25.2 Å². The topological polar surface area (TPSA) is 64.6 Å². The molecule has 2 unspecified atom stereocenters. The van der Waals surface area contributed by atoms with Crippen LogP contribution in [0.1, 0.15) is 37.7 Å². The molecule has 2 atom stereocenters. The first kappa shape index (κ1) is 18.4. The van der Waals surface area contributed by atoms with E-state index in [1.165, 1.54) is 0 Å². The van der Waals surface area contributed by atoms with Crippen LogP contribution < -0.4 is 15.1 Å².